The summed E-state index contributed by atoms with van der Waals surface area (Å²) in [5, 5.41) is 13.9. The SMILES string of the molecule is Cc1cc(N(C)Cc2ccsc2)c([C@H](C)O)cc1F. The zero-order chi connectivity index (χ0) is 14.0. The Morgan fingerprint density at radius 1 is 1.42 bits per heavy atom. The van der Waals surface area contributed by atoms with Crippen LogP contribution >= 0.6 is 11.3 Å². The van der Waals surface area contributed by atoms with Crippen molar-refractivity contribution in [3.05, 3.63) is 51.5 Å². The molecule has 0 saturated heterocycles. The molecular formula is C15H18FNOS. The summed E-state index contributed by atoms with van der Waals surface area (Å²) in [5.74, 6) is -0.274. The minimum Gasteiger partial charge on any atom is -0.389 e. The maximum absolute atomic E-state index is 13.6. The monoisotopic (exact) mass is 279 g/mol. The highest BCUT2D eigenvalue weighted by molar-refractivity contribution is 7.07. The highest BCUT2D eigenvalue weighted by Gasteiger charge is 2.15. The van der Waals surface area contributed by atoms with Crippen LogP contribution in [0.3, 0.4) is 0 Å². The summed E-state index contributed by atoms with van der Waals surface area (Å²) in [6.07, 6.45) is -0.685. The molecule has 1 aromatic carbocycles. The van der Waals surface area contributed by atoms with E-state index in [2.05, 4.69) is 11.4 Å². The van der Waals surface area contributed by atoms with E-state index in [4.69, 9.17) is 0 Å². The molecule has 0 bridgehead atoms. The predicted molar refractivity (Wildman–Crippen MR) is 78.2 cm³/mol. The lowest BCUT2D eigenvalue weighted by Crippen LogP contribution is -2.18. The van der Waals surface area contributed by atoms with Gasteiger partial charge in [-0.15, -0.1) is 0 Å². The van der Waals surface area contributed by atoms with Crippen molar-refractivity contribution < 1.29 is 9.50 Å². The van der Waals surface area contributed by atoms with Crippen molar-refractivity contribution in [3.63, 3.8) is 0 Å². The number of hydrogen-bond donors (Lipinski definition) is 1. The van der Waals surface area contributed by atoms with E-state index in [-0.39, 0.29) is 5.82 Å². The van der Waals surface area contributed by atoms with Gasteiger partial charge in [0, 0.05) is 24.8 Å². The van der Waals surface area contributed by atoms with Gasteiger partial charge in [-0.1, -0.05) is 0 Å². The summed E-state index contributed by atoms with van der Waals surface area (Å²) >= 11 is 1.66. The standard InChI is InChI=1S/C15H18FNOS/c1-10-6-15(13(11(2)18)7-14(10)16)17(3)8-12-4-5-19-9-12/h4-7,9,11,18H,8H2,1-3H3/t11-/m0/s1. The number of hydrogen-bond acceptors (Lipinski definition) is 3. The number of aryl methyl sites for hydroxylation is 1. The molecule has 4 heteroatoms. The predicted octanol–water partition coefficient (Wildman–Crippen LogP) is 3.89. The number of halogens is 1. The first-order valence-electron chi connectivity index (χ1n) is 6.19. The van der Waals surface area contributed by atoms with Gasteiger partial charge >= 0.3 is 0 Å². The highest BCUT2D eigenvalue weighted by Crippen LogP contribution is 2.29. The normalized spacial score (nSPS) is 12.5. The lowest BCUT2D eigenvalue weighted by atomic mass is 10.0. The third-order valence-corrected chi connectivity index (χ3v) is 3.90. The summed E-state index contributed by atoms with van der Waals surface area (Å²) in [4.78, 5) is 2.04. The fourth-order valence-corrected chi connectivity index (χ4v) is 2.75. The first-order chi connectivity index (χ1) is 8.99. The fourth-order valence-electron chi connectivity index (χ4n) is 2.09. The number of aliphatic hydroxyl groups is 1. The van der Waals surface area contributed by atoms with Crippen molar-refractivity contribution in [1.29, 1.82) is 0 Å². The van der Waals surface area contributed by atoms with Crippen LogP contribution in [-0.4, -0.2) is 12.2 Å². The molecule has 1 atom stereocenters. The van der Waals surface area contributed by atoms with Crippen molar-refractivity contribution in [2.45, 2.75) is 26.5 Å². The van der Waals surface area contributed by atoms with E-state index in [1.165, 1.54) is 11.6 Å². The van der Waals surface area contributed by atoms with Gasteiger partial charge in [0.2, 0.25) is 0 Å². The van der Waals surface area contributed by atoms with E-state index in [0.717, 1.165) is 12.2 Å². The van der Waals surface area contributed by atoms with Gasteiger partial charge in [0.25, 0.3) is 0 Å². The Morgan fingerprint density at radius 3 is 2.74 bits per heavy atom. The van der Waals surface area contributed by atoms with E-state index in [0.29, 0.717) is 11.1 Å². The fraction of sp³-hybridized carbons (Fsp3) is 0.333. The van der Waals surface area contributed by atoms with Crippen molar-refractivity contribution in [2.75, 3.05) is 11.9 Å². The number of anilines is 1. The van der Waals surface area contributed by atoms with Crippen molar-refractivity contribution in [3.8, 4) is 0 Å². The van der Waals surface area contributed by atoms with Crippen LogP contribution in [0.15, 0.2) is 29.0 Å². The molecule has 2 nitrogen and oxygen atoms in total. The minimum atomic E-state index is -0.685. The van der Waals surface area contributed by atoms with Crippen LogP contribution in [0.4, 0.5) is 10.1 Å². The van der Waals surface area contributed by atoms with Crippen molar-refractivity contribution in [1.82, 2.24) is 0 Å². The first-order valence-corrected chi connectivity index (χ1v) is 7.13. The molecule has 1 heterocycles. The zero-order valence-electron chi connectivity index (χ0n) is 11.4. The van der Waals surface area contributed by atoms with Gasteiger partial charge in [-0.25, -0.2) is 4.39 Å². The van der Waals surface area contributed by atoms with Crippen LogP contribution in [0, 0.1) is 12.7 Å². The molecule has 102 valence electrons. The average Bonchev–Trinajstić information content (AvgIpc) is 2.84. The number of aliphatic hydroxyl groups excluding tert-OH is 1. The molecule has 0 aliphatic rings. The number of thiophene rings is 1. The minimum absolute atomic E-state index is 0.274. The number of benzene rings is 1. The second kappa shape index (κ2) is 5.72. The van der Waals surface area contributed by atoms with Crippen LogP contribution in [0.25, 0.3) is 0 Å². The Labute approximate surface area is 117 Å². The molecule has 0 aliphatic heterocycles. The highest BCUT2D eigenvalue weighted by atomic mass is 32.1. The lowest BCUT2D eigenvalue weighted by molar-refractivity contribution is 0.199. The maximum Gasteiger partial charge on any atom is 0.126 e. The number of rotatable bonds is 4. The summed E-state index contributed by atoms with van der Waals surface area (Å²) < 4.78 is 13.6. The van der Waals surface area contributed by atoms with Gasteiger partial charge in [0.15, 0.2) is 0 Å². The van der Waals surface area contributed by atoms with Crippen LogP contribution < -0.4 is 4.90 Å². The van der Waals surface area contributed by atoms with Crippen LogP contribution in [-0.2, 0) is 6.54 Å². The molecule has 0 saturated carbocycles. The molecule has 0 aliphatic carbocycles. The Kier molecular flexibility index (Phi) is 4.22. The smallest absolute Gasteiger partial charge is 0.126 e. The van der Waals surface area contributed by atoms with Gasteiger partial charge in [-0.3, -0.25) is 0 Å². The van der Waals surface area contributed by atoms with Crippen LogP contribution in [0.2, 0.25) is 0 Å². The first kappa shape index (κ1) is 14.0. The number of nitrogens with zero attached hydrogens (tertiary/aromatic N) is 1. The maximum atomic E-state index is 13.6. The molecule has 0 unspecified atom stereocenters. The van der Waals surface area contributed by atoms with E-state index in [1.54, 1.807) is 31.3 Å². The molecule has 0 amide bonds. The Hall–Kier alpha value is -1.39. The molecule has 0 radical (unpaired) electrons. The quantitative estimate of drug-likeness (QED) is 0.918. The van der Waals surface area contributed by atoms with Crippen LogP contribution in [0.5, 0.6) is 0 Å². The van der Waals surface area contributed by atoms with Gasteiger partial charge in [0.1, 0.15) is 5.82 Å². The van der Waals surface area contributed by atoms with E-state index in [9.17, 15) is 9.50 Å². The molecule has 0 fully saturated rings. The van der Waals surface area contributed by atoms with Gasteiger partial charge < -0.3 is 10.0 Å². The van der Waals surface area contributed by atoms with E-state index < -0.39 is 6.10 Å². The summed E-state index contributed by atoms with van der Waals surface area (Å²) in [6, 6.07) is 5.29. The molecule has 1 aromatic heterocycles. The second-order valence-electron chi connectivity index (χ2n) is 4.82. The van der Waals surface area contributed by atoms with Crippen LogP contribution in [0.1, 0.15) is 29.7 Å². The summed E-state index contributed by atoms with van der Waals surface area (Å²) in [7, 11) is 1.95. The molecular weight excluding hydrogens is 261 g/mol. The van der Waals surface area contributed by atoms with E-state index in [1.807, 2.05) is 17.3 Å². The van der Waals surface area contributed by atoms with Crippen molar-refractivity contribution in [2.24, 2.45) is 0 Å². The zero-order valence-corrected chi connectivity index (χ0v) is 12.2. The average molecular weight is 279 g/mol. The Morgan fingerprint density at radius 2 is 2.16 bits per heavy atom. The lowest BCUT2D eigenvalue weighted by Gasteiger charge is -2.24. The van der Waals surface area contributed by atoms with Gasteiger partial charge in [0.05, 0.1) is 6.10 Å². The molecule has 1 N–H and O–H groups in total. The topological polar surface area (TPSA) is 23.5 Å². The molecule has 0 spiro atoms. The third kappa shape index (κ3) is 3.14. The Bertz CT molecular complexity index is 552. The van der Waals surface area contributed by atoms with Gasteiger partial charge in [-0.2, -0.15) is 11.3 Å². The molecule has 2 aromatic rings. The van der Waals surface area contributed by atoms with Gasteiger partial charge in [-0.05, 0) is 53.9 Å². The molecule has 2 rings (SSSR count). The van der Waals surface area contributed by atoms with E-state index >= 15 is 0 Å². The Balaban J connectivity index is 2.34. The largest absolute Gasteiger partial charge is 0.389 e. The molecule has 19 heavy (non-hydrogen) atoms. The van der Waals surface area contributed by atoms with Crippen molar-refractivity contribution >= 4 is 17.0 Å². The summed E-state index contributed by atoms with van der Waals surface area (Å²) in [6.45, 7) is 4.14. The summed E-state index contributed by atoms with van der Waals surface area (Å²) in [5.41, 5.74) is 3.31. The third-order valence-electron chi connectivity index (χ3n) is 3.17. The second-order valence-corrected chi connectivity index (χ2v) is 5.60.